The Morgan fingerprint density at radius 2 is 1.24 bits per heavy atom. The lowest BCUT2D eigenvalue weighted by Crippen LogP contribution is -2.60. The fourth-order valence-electron chi connectivity index (χ4n) is 4.74. The van der Waals surface area contributed by atoms with Crippen LogP contribution in [-0.4, -0.2) is 130 Å². The lowest BCUT2D eigenvalue weighted by molar-refractivity contribution is -0.142. The summed E-state index contributed by atoms with van der Waals surface area (Å²) in [6, 6.07) is -9.07. The highest BCUT2D eigenvalue weighted by atomic mass is 32.2. The van der Waals surface area contributed by atoms with Crippen LogP contribution in [0.3, 0.4) is 0 Å². The molecule has 0 fully saturated rings. The Kier molecular flexibility index (Phi) is 24.6. The molecule has 20 nitrogen and oxygen atoms in total. The summed E-state index contributed by atoms with van der Waals surface area (Å²) in [5.41, 5.74) is 16.3. The van der Waals surface area contributed by atoms with Gasteiger partial charge in [-0.2, -0.15) is 24.4 Å². The first-order chi connectivity index (χ1) is 25.3. The molecule has 22 heteroatoms. The summed E-state index contributed by atoms with van der Waals surface area (Å²) in [5, 5.41) is 33.4. The molecule has 0 saturated carbocycles. The number of unbranched alkanes of at least 4 members (excludes halogenated alkanes) is 1. The van der Waals surface area contributed by atoms with E-state index < -0.39 is 121 Å². The molecule has 0 aliphatic heterocycles. The van der Waals surface area contributed by atoms with Crippen LogP contribution in [0.5, 0.6) is 0 Å². The minimum atomic E-state index is -1.48. The average molecular weight is 808 g/mol. The van der Waals surface area contributed by atoms with Gasteiger partial charge in [0.25, 0.3) is 0 Å². The summed E-state index contributed by atoms with van der Waals surface area (Å²) in [5.74, 6) is -8.62. The zero-order valence-electron chi connectivity index (χ0n) is 31.1. The van der Waals surface area contributed by atoms with Gasteiger partial charge in [-0.15, -0.1) is 0 Å². The molecule has 7 amide bonds. The molecule has 8 unspecified atom stereocenters. The fourth-order valence-corrected chi connectivity index (χ4v) is 5.47. The maximum Gasteiger partial charge on any atom is 0.326 e. The first kappa shape index (κ1) is 49.9. The highest BCUT2D eigenvalue weighted by Crippen LogP contribution is 2.11. The summed E-state index contributed by atoms with van der Waals surface area (Å²) in [7, 11) is 0. The topological polar surface area (TPSA) is 344 Å². The molecule has 308 valence electrons. The fraction of sp³-hybridized carbons (Fsp3) is 0.719. The third-order valence-electron chi connectivity index (χ3n) is 8.20. The van der Waals surface area contributed by atoms with Gasteiger partial charge in [0.1, 0.15) is 36.3 Å². The molecule has 0 rings (SSSR count). The van der Waals surface area contributed by atoms with Crippen LogP contribution < -0.4 is 49.1 Å². The van der Waals surface area contributed by atoms with Gasteiger partial charge in [0.2, 0.25) is 41.4 Å². The molecule has 0 saturated heterocycles. The maximum atomic E-state index is 13.4. The van der Waals surface area contributed by atoms with E-state index in [1.165, 1.54) is 18.7 Å². The highest BCUT2D eigenvalue weighted by molar-refractivity contribution is 7.98. The number of carboxylic acids is 2. The predicted octanol–water partition coefficient (Wildman–Crippen LogP) is -3.07. The Morgan fingerprint density at radius 3 is 1.74 bits per heavy atom. The van der Waals surface area contributed by atoms with Crippen molar-refractivity contribution >= 4 is 77.7 Å². The SMILES string of the molecule is CCC(C)C(NC(=O)C(C)NC(=O)C(CS)NC(=O)C(CCCCN)NC(=O)C(CCC(=O)O)NC(=O)C(N)CC(N)=O)C(=O)NC(CCSC)C(=O)O. The second kappa shape index (κ2) is 26.6. The van der Waals surface area contributed by atoms with E-state index in [-0.39, 0.29) is 25.1 Å². The molecule has 0 aliphatic rings. The Bertz CT molecular complexity index is 1310. The van der Waals surface area contributed by atoms with E-state index in [0.29, 0.717) is 25.0 Å². The van der Waals surface area contributed by atoms with Crippen LogP contribution in [0.1, 0.15) is 72.1 Å². The third-order valence-corrected chi connectivity index (χ3v) is 9.21. The van der Waals surface area contributed by atoms with Gasteiger partial charge < -0.3 is 59.3 Å². The molecule has 0 aliphatic carbocycles. The number of amides is 7. The first-order valence-electron chi connectivity index (χ1n) is 17.4. The van der Waals surface area contributed by atoms with E-state index in [9.17, 15) is 48.3 Å². The molecule has 14 N–H and O–H groups in total. The number of carbonyl (C=O) groups is 9. The van der Waals surface area contributed by atoms with E-state index in [1.807, 2.05) is 0 Å². The zero-order chi connectivity index (χ0) is 41.5. The number of primary amides is 1. The van der Waals surface area contributed by atoms with Crippen LogP contribution in [0.2, 0.25) is 0 Å². The molecule has 0 aromatic rings. The van der Waals surface area contributed by atoms with Gasteiger partial charge in [-0.05, 0) is 63.5 Å². The van der Waals surface area contributed by atoms with Gasteiger partial charge in [0.05, 0.1) is 12.5 Å². The number of nitrogens with one attached hydrogen (secondary N) is 6. The monoisotopic (exact) mass is 807 g/mol. The summed E-state index contributed by atoms with van der Waals surface area (Å²) in [4.78, 5) is 113. The van der Waals surface area contributed by atoms with Crippen molar-refractivity contribution in [3.05, 3.63) is 0 Å². The molecule has 0 aromatic heterocycles. The first-order valence-corrected chi connectivity index (χ1v) is 19.5. The van der Waals surface area contributed by atoms with Crippen LogP contribution in [0, 0.1) is 5.92 Å². The zero-order valence-corrected chi connectivity index (χ0v) is 32.8. The Hall–Kier alpha value is -4.15. The normalized spacial score (nSPS) is 15.4. The van der Waals surface area contributed by atoms with Crippen molar-refractivity contribution in [2.45, 2.75) is 114 Å². The summed E-state index contributed by atoms with van der Waals surface area (Å²) < 4.78 is 0. The second-order valence-electron chi connectivity index (χ2n) is 12.6. The highest BCUT2D eigenvalue weighted by Gasteiger charge is 2.33. The molecular formula is C32H57N9O11S2. The van der Waals surface area contributed by atoms with Crippen molar-refractivity contribution in [1.29, 1.82) is 0 Å². The lowest BCUT2D eigenvalue weighted by Gasteiger charge is -2.28. The summed E-state index contributed by atoms with van der Waals surface area (Å²) in [6.07, 6.45) is 1.74. The van der Waals surface area contributed by atoms with Crippen molar-refractivity contribution < 1.29 is 53.4 Å². The van der Waals surface area contributed by atoms with Gasteiger partial charge in [0.15, 0.2) is 0 Å². The van der Waals surface area contributed by atoms with Gasteiger partial charge in [-0.1, -0.05) is 20.3 Å². The van der Waals surface area contributed by atoms with Crippen molar-refractivity contribution in [3.63, 3.8) is 0 Å². The van der Waals surface area contributed by atoms with Crippen LogP contribution in [-0.2, 0) is 43.2 Å². The van der Waals surface area contributed by atoms with Gasteiger partial charge in [0, 0.05) is 12.2 Å². The number of thiol groups is 1. The maximum absolute atomic E-state index is 13.4. The van der Waals surface area contributed by atoms with Gasteiger partial charge in [-0.3, -0.25) is 38.4 Å². The average Bonchev–Trinajstić information content (AvgIpc) is 3.10. The molecule has 0 heterocycles. The minimum Gasteiger partial charge on any atom is -0.481 e. The van der Waals surface area contributed by atoms with E-state index in [1.54, 1.807) is 20.1 Å². The van der Waals surface area contributed by atoms with E-state index in [2.05, 4.69) is 44.5 Å². The Morgan fingerprint density at radius 1 is 0.704 bits per heavy atom. The number of carbonyl (C=O) groups excluding carboxylic acids is 7. The molecule has 54 heavy (non-hydrogen) atoms. The van der Waals surface area contributed by atoms with Gasteiger partial charge >= 0.3 is 11.9 Å². The van der Waals surface area contributed by atoms with E-state index in [4.69, 9.17) is 22.3 Å². The smallest absolute Gasteiger partial charge is 0.326 e. The Labute approximate surface area is 324 Å². The van der Waals surface area contributed by atoms with E-state index >= 15 is 0 Å². The van der Waals surface area contributed by atoms with Crippen LogP contribution in [0.25, 0.3) is 0 Å². The number of hydrogen-bond donors (Lipinski definition) is 12. The van der Waals surface area contributed by atoms with Crippen LogP contribution in [0.4, 0.5) is 0 Å². The van der Waals surface area contributed by atoms with Gasteiger partial charge in [-0.25, -0.2) is 4.79 Å². The third kappa shape index (κ3) is 19.3. The lowest BCUT2D eigenvalue weighted by atomic mass is 9.97. The molecule has 0 bridgehead atoms. The van der Waals surface area contributed by atoms with Crippen LogP contribution >= 0.6 is 24.4 Å². The van der Waals surface area contributed by atoms with Crippen LogP contribution in [0.15, 0.2) is 0 Å². The van der Waals surface area contributed by atoms with Crippen molar-refractivity contribution in [2.75, 3.05) is 24.3 Å². The summed E-state index contributed by atoms with van der Waals surface area (Å²) >= 11 is 5.56. The second-order valence-corrected chi connectivity index (χ2v) is 14.0. The van der Waals surface area contributed by atoms with E-state index in [0.717, 1.165) is 0 Å². The number of aliphatic carboxylic acids is 2. The summed E-state index contributed by atoms with van der Waals surface area (Å²) in [6.45, 7) is 5.08. The molecular weight excluding hydrogens is 751 g/mol. The van der Waals surface area contributed by atoms with Crippen molar-refractivity contribution in [1.82, 2.24) is 31.9 Å². The number of carboxylic acid groups (broad SMARTS) is 2. The molecule has 0 aromatic carbocycles. The molecule has 0 radical (unpaired) electrons. The quantitative estimate of drug-likeness (QED) is 0.0276. The predicted molar refractivity (Wildman–Crippen MR) is 203 cm³/mol. The molecule has 0 spiro atoms. The largest absolute Gasteiger partial charge is 0.481 e. The Balaban J connectivity index is 5.88. The number of nitrogens with two attached hydrogens (primary N) is 3. The number of hydrogen-bond acceptors (Lipinski definition) is 13. The minimum absolute atomic E-state index is 0.0222. The number of rotatable bonds is 28. The standard InChI is InChI=1S/C32H57N9O11S2/c1-5-16(2)25(31(50)39-21(32(51)52)11-13-54-4)41-26(45)17(3)36-30(49)22(15-53)40-28(47)19(8-6-7-12-33)38-29(48)20(9-10-24(43)44)37-27(46)18(34)14-23(35)42/h16-22,25,53H,5-15,33-34H2,1-4H3,(H2,35,42)(H,36,49)(H,37,46)(H,38,48)(H,39,50)(H,40,47)(H,41,45)(H,43,44)(H,51,52). The van der Waals surface area contributed by atoms with Crippen molar-refractivity contribution in [3.8, 4) is 0 Å². The number of thioether (sulfide) groups is 1. The molecule has 8 atom stereocenters. The van der Waals surface area contributed by atoms with Crippen molar-refractivity contribution in [2.24, 2.45) is 23.1 Å².